The fourth-order valence-corrected chi connectivity index (χ4v) is 3.55. The van der Waals surface area contributed by atoms with Gasteiger partial charge in [0.15, 0.2) is 0 Å². The lowest BCUT2D eigenvalue weighted by Gasteiger charge is -2.23. The third kappa shape index (κ3) is 4.94. The minimum atomic E-state index is -1.62. The predicted molar refractivity (Wildman–Crippen MR) is 120 cm³/mol. The van der Waals surface area contributed by atoms with Crippen molar-refractivity contribution in [3.63, 3.8) is 0 Å². The van der Waals surface area contributed by atoms with Crippen molar-refractivity contribution in [1.82, 2.24) is 19.9 Å². The summed E-state index contributed by atoms with van der Waals surface area (Å²) in [4.78, 5) is 17.3. The van der Waals surface area contributed by atoms with Gasteiger partial charge in [-0.3, -0.25) is 9.78 Å². The first-order chi connectivity index (χ1) is 15.8. The summed E-state index contributed by atoms with van der Waals surface area (Å²) in [5.74, 6) is -0.501. The van der Waals surface area contributed by atoms with Crippen LogP contribution < -0.4 is 10.6 Å². The molecule has 33 heavy (non-hydrogen) atoms. The Morgan fingerprint density at radius 1 is 1.42 bits per heavy atom. The molecule has 2 atom stereocenters. The molecule has 4 heterocycles. The smallest absolute Gasteiger partial charge is 0.255 e. The summed E-state index contributed by atoms with van der Waals surface area (Å²) >= 11 is 0. The molecular formula is C23H25FN6O3. The third-order valence-corrected chi connectivity index (χ3v) is 5.54. The van der Waals surface area contributed by atoms with Gasteiger partial charge in [0, 0.05) is 12.8 Å². The summed E-state index contributed by atoms with van der Waals surface area (Å²) < 4.78 is 21.2. The molecule has 1 saturated heterocycles. The van der Waals surface area contributed by atoms with E-state index in [1.807, 2.05) is 12.1 Å². The Kier molecular flexibility index (Phi) is 6.26. The van der Waals surface area contributed by atoms with E-state index >= 15 is 0 Å². The molecule has 4 rings (SSSR count). The Labute approximate surface area is 190 Å². The highest BCUT2D eigenvalue weighted by atomic mass is 19.1. The Morgan fingerprint density at radius 2 is 2.24 bits per heavy atom. The lowest BCUT2D eigenvalue weighted by Crippen LogP contribution is -2.42. The van der Waals surface area contributed by atoms with Gasteiger partial charge in [-0.2, -0.15) is 10.4 Å². The number of aromatic nitrogens is 3. The van der Waals surface area contributed by atoms with Crippen molar-refractivity contribution in [2.24, 2.45) is 0 Å². The molecule has 1 aliphatic rings. The summed E-state index contributed by atoms with van der Waals surface area (Å²) in [6, 6.07) is 9.24. The molecule has 10 heteroatoms. The van der Waals surface area contributed by atoms with Crippen LogP contribution in [0.2, 0.25) is 0 Å². The number of amides is 1. The van der Waals surface area contributed by atoms with E-state index in [9.17, 15) is 14.3 Å². The zero-order chi connectivity index (χ0) is 23.6. The monoisotopic (exact) mass is 452 g/mol. The molecule has 1 aliphatic heterocycles. The van der Waals surface area contributed by atoms with Crippen LogP contribution in [0.15, 0.2) is 36.7 Å². The first-order valence-corrected chi connectivity index (χ1v) is 10.6. The molecule has 0 radical (unpaired) electrons. The zero-order valence-corrected chi connectivity index (χ0v) is 18.4. The maximum Gasteiger partial charge on any atom is 0.255 e. The lowest BCUT2D eigenvalue weighted by atomic mass is 10.0. The molecule has 0 bridgehead atoms. The maximum atomic E-state index is 14.1. The van der Waals surface area contributed by atoms with E-state index in [1.165, 1.54) is 26.2 Å². The van der Waals surface area contributed by atoms with Crippen molar-refractivity contribution in [3.8, 4) is 17.5 Å². The number of alkyl halides is 1. The van der Waals surface area contributed by atoms with Crippen molar-refractivity contribution in [2.75, 3.05) is 25.1 Å². The summed E-state index contributed by atoms with van der Waals surface area (Å²) in [6.45, 7) is 3.51. The molecule has 9 nitrogen and oxygen atoms in total. The highest BCUT2D eigenvalue weighted by Gasteiger charge is 2.28. The number of halogens is 1. The zero-order valence-electron chi connectivity index (χ0n) is 18.4. The Balaban J connectivity index is 1.65. The van der Waals surface area contributed by atoms with Crippen LogP contribution in [0, 0.1) is 11.3 Å². The second-order valence-electron chi connectivity index (χ2n) is 8.56. The number of carbonyl (C=O) groups excluding carboxylic acids is 1. The second kappa shape index (κ2) is 9.13. The molecule has 3 aromatic rings. The van der Waals surface area contributed by atoms with Crippen molar-refractivity contribution in [1.29, 1.82) is 5.26 Å². The van der Waals surface area contributed by atoms with Crippen molar-refractivity contribution >= 4 is 17.1 Å². The number of pyridine rings is 1. The van der Waals surface area contributed by atoms with Gasteiger partial charge in [-0.25, -0.2) is 8.91 Å². The number of nitrogens with one attached hydrogen (secondary N) is 2. The van der Waals surface area contributed by atoms with E-state index in [4.69, 9.17) is 10.00 Å². The van der Waals surface area contributed by atoms with Crippen molar-refractivity contribution < 1.29 is 19.0 Å². The molecule has 1 fully saturated rings. The maximum absolute atomic E-state index is 14.1. The Hall–Kier alpha value is -3.55. The minimum absolute atomic E-state index is 0.0254. The number of hydrogen-bond acceptors (Lipinski definition) is 7. The number of aliphatic hydroxyl groups is 1. The molecule has 1 amide bonds. The van der Waals surface area contributed by atoms with Gasteiger partial charge in [-0.15, -0.1) is 0 Å². The topological polar surface area (TPSA) is 125 Å². The number of hydrogen-bond donors (Lipinski definition) is 3. The predicted octanol–water partition coefficient (Wildman–Crippen LogP) is 2.31. The molecule has 1 unspecified atom stereocenters. The average Bonchev–Trinajstić information content (AvgIpc) is 3.45. The van der Waals surface area contributed by atoms with Crippen LogP contribution in [0.5, 0.6) is 0 Å². The number of rotatable bonds is 7. The summed E-state index contributed by atoms with van der Waals surface area (Å²) in [5.41, 5.74) is 1.69. The largest absolute Gasteiger partial charge is 0.387 e. The van der Waals surface area contributed by atoms with Crippen LogP contribution in [-0.2, 0) is 4.74 Å². The van der Waals surface area contributed by atoms with E-state index in [-0.39, 0.29) is 18.2 Å². The SMILES string of the molecule is CC(C)(O)C(F)CNC(=O)c1cnc(-c2ccc3cc(C#N)cnn23)cc1N[C@@H]1CCOC1. The molecule has 3 N–H and O–H groups in total. The summed E-state index contributed by atoms with van der Waals surface area (Å²) in [5, 5.41) is 29.1. The van der Waals surface area contributed by atoms with Crippen LogP contribution >= 0.6 is 0 Å². The van der Waals surface area contributed by atoms with E-state index in [1.54, 1.807) is 16.6 Å². The number of nitriles is 1. The number of carbonyl (C=O) groups is 1. The van der Waals surface area contributed by atoms with Gasteiger partial charge >= 0.3 is 0 Å². The Morgan fingerprint density at radius 3 is 2.94 bits per heavy atom. The quantitative estimate of drug-likeness (QED) is 0.502. The first kappa shape index (κ1) is 22.6. The molecule has 172 valence electrons. The van der Waals surface area contributed by atoms with Gasteiger partial charge in [-0.1, -0.05) is 0 Å². The molecule has 3 aromatic heterocycles. The highest BCUT2D eigenvalue weighted by molar-refractivity contribution is 6.00. The number of ether oxygens (including phenoxy) is 1. The van der Waals surface area contributed by atoms with Gasteiger partial charge in [0.2, 0.25) is 0 Å². The van der Waals surface area contributed by atoms with Crippen molar-refractivity contribution in [3.05, 3.63) is 47.8 Å². The van der Waals surface area contributed by atoms with E-state index in [2.05, 4.69) is 26.8 Å². The first-order valence-electron chi connectivity index (χ1n) is 10.6. The lowest BCUT2D eigenvalue weighted by molar-refractivity contribution is -0.00177. The fraction of sp³-hybridized carbons (Fsp3) is 0.391. The second-order valence-corrected chi connectivity index (χ2v) is 8.56. The third-order valence-electron chi connectivity index (χ3n) is 5.54. The molecule has 0 saturated carbocycles. The van der Waals surface area contributed by atoms with Gasteiger partial charge in [0.1, 0.15) is 12.2 Å². The van der Waals surface area contributed by atoms with Gasteiger partial charge in [-0.05, 0) is 44.5 Å². The number of fused-ring (bicyclic) bond motifs is 1. The van der Waals surface area contributed by atoms with Crippen LogP contribution in [0.4, 0.5) is 10.1 Å². The summed E-state index contributed by atoms with van der Waals surface area (Å²) in [7, 11) is 0. The van der Waals surface area contributed by atoms with Crippen LogP contribution in [0.1, 0.15) is 36.2 Å². The number of nitrogens with zero attached hydrogens (tertiary/aromatic N) is 4. The molecular weight excluding hydrogens is 427 g/mol. The van der Waals surface area contributed by atoms with Gasteiger partial charge < -0.3 is 20.5 Å². The van der Waals surface area contributed by atoms with Crippen LogP contribution in [0.3, 0.4) is 0 Å². The van der Waals surface area contributed by atoms with Crippen LogP contribution in [-0.4, -0.2) is 63.2 Å². The van der Waals surface area contributed by atoms with Crippen molar-refractivity contribution in [2.45, 2.75) is 38.1 Å². The normalized spacial score (nSPS) is 17.0. The van der Waals surface area contributed by atoms with E-state index in [0.29, 0.717) is 35.9 Å². The molecule has 0 aliphatic carbocycles. The number of anilines is 1. The molecule has 0 spiro atoms. The van der Waals surface area contributed by atoms with Gasteiger partial charge in [0.05, 0.1) is 64.7 Å². The van der Waals surface area contributed by atoms with Gasteiger partial charge in [0.25, 0.3) is 5.91 Å². The Bertz CT molecular complexity index is 1210. The van der Waals surface area contributed by atoms with E-state index in [0.717, 1.165) is 11.9 Å². The highest BCUT2D eigenvalue weighted by Crippen LogP contribution is 2.27. The molecule has 0 aromatic carbocycles. The fourth-order valence-electron chi connectivity index (χ4n) is 3.55. The summed E-state index contributed by atoms with van der Waals surface area (Å²) in [6.07, 6.45) is 2.08. The average molecular weight is 452 g/mol. The standard InChI is InChI=1S/C23H25FN6O3/c1-23(2,32)21(24)12-27-22(31)17-11-26-19(8-18(17)29-15-5-6-33-13-15)20-4-3-16-7-14(9-25)10-28-30(16)20/h3-4,7-8,10-11,15,21,32H,5-6,12-13H2,1-2H3,(H,26,29)(H,27,31)/t15-,21?/m1/s1. The van der Waals surface area contributed by atoms with E-state index < -0.39 is 17.7 Å². The van der Waals surface area contributed by atoms with Crippen LogP contribution in [0.25, 0.3) is 16.9 Å². The minimum Gasteiger partial charge on any atom is -0.387 e.